The number of Topliss-reactive ketones (excluding diaryl/α,β-unsaturated/α-hetero) is 1. The second kappa shape index (κ2) is 4.73. The smallest absolute Gasteiger partial charge is 0.195 e. The molecule has 1 N–H and O–H groups in total. The van der Waals surface area contributed by atoms with Crippen molar-refractivity contribution in [1.29, 1.82) is 0 Å². The summed E-state index contributed by atoms with van der Waals surface area (Å²) in [6.07, 6.45) is -1.09. The second-order valence-electron chi connectivity index (χ2n) is 3.47. The third-order valence-corrected chi connectivity index (χ3v) is 2.37. The second-order valence-corrected chi connectivity index (χ2v) is 3.47. The zero-order chi connectivity index (χ0) is 11.4. The van der Waals surface area contributed by atoms with E-state index >= 15 is 0 Å². The minimum atomic E-state index is -1.09. The quantitative estimate of drug-likeness (QED) is 0.791. The lowest BCUT2D eigenvalue weighted by Crippen LogP contribution is -2.11. The summed E-state index contributed by atoms with van der Waals surface area (Å²) in [5.41, 5.74) is 1.11. The summed E-state index contributed by atoms with van der Waals surface area (Å²) in [6, 6.07) is 18.3. The van der Waals surface area contributed by atoms with Crippen LogP contribution >= 0.6 is 0 Å². The molecule has 0 spiro atoms. The molecule has 2 aromatic rings. The molecule has 79 valence electrons. The molecule has 2 nitrogen and oxygen atoms in total. The maximum Gasteiger partial charge on any atom is 0.195 e. The molecule has 0 saturated heterocycles. The van der Waals surface area contributed by atoms with Crippen LogP contribution in [0.25, 0.3) is 0 Å². The van der Waals surface area contributed by atoms with E-state index in [1.165, 1.54) is 0 Å². The summed E-state index contributed by atoms with van der Waals surface area (Å²) in [6.45, 7) is 0. The number of hydrogen-bond donors (Lipinski definition) is 1. The molecular formula is C14H11O2. The van der Waals surface area contributed by atoms with E-state index in [1.54, 1.807) is 48.5 Å². The number of rotatable bonds is 3. The fourth-order valence-electron chi connectivity index (χ4n) is 1.50. The van der Waals surface area contributed by atoms with Gasteiger partial charge in [0.2, 0.25) is 0 Å². The highest BCUT2D eigenvalue weighted by Crippen LogP contribution is 2.17. The van der Waals surface area contributed by atoms with Gasteiger partial charge in [0.25, 0.3) is 0 Å². The summed E-state index contributed by atoms with van der Waals surface area (Å²) in [4.78, 5) is 11.9. The summed E-state index contributed by atoms with van der Waals surface area (Å²) >= 11 is 0. The van der Waals surface area contributed by atoms with E-state index in [0.29, 0.717) is 11.1 Å². The molecule has 16 heavy (non-hydrogen) atoms. The maximum absolute atomic E-state index is 11.9. The van der Waals surface area contributed by atoms with E-state index in [4.69, 9.17) is 0 Å². The molecule has 0 aliphatic heterocycles. The van der Waals surface area contributed by atoms with Gasteiger partial charge < -0.3 is 5.11 Å². The van der Waals surface area contributed by atoms with E-state index in [9.17, 15) is 9.90 Å². The largest absolute Gasteiger partial charge is 0.380 e. The molecule has 0 fully saturated rings. The van der Waals surface area contributed by atoms with Gasteiger partial charge in [0.1, 0.15) is 6.10 Å². The van der Waals surface area contributed by atoms with Crippen LogP contribution in [0.4, 0.5) is 0 Å². The van der Waals surface area contributed by atoms with Crippen LogP contribution in [0.1, 0.15) is 22.0 Å². The zero-order valence-corrected chi connectivity index (χ0v) is 8.63. The Kier molecular flexibility index (Phi) is 3.13. The highest BCUT2D eigenvalue weighted by molar-refractivity contribution is 5.99. The molecule has 2 aromatic carbocycles. The fourth-order valence-corrected chi connectivity index (χ4v) is 1.50. The van der Waals surface area contributed by atoms with Crippen LogP contribution in [-0.4, -0.2) is 10.9 Å². The Hall–Kier alpha value is -1.93. The van der Waals surface area contributed by atoms with Crippen LogP contribution in [0.2, 0.25) is 0 Å². The first-order chi connectivity index (χ1) is 7.79. The Morgan fingerprint density at radius 2 is 1.69 bits per heavy atom. The number of aliphatic hydroxyl groups excluding tert-OH is 1. The van der Waals surface area contributed by atoms with Crippen molar-refractivity contribution in [3.05, 3.63) is 71.8 Å². The highest BCUT2D eigenvalue weighted by Gasteiger charge is 2.18. The van der Waals surface area contributed by atoms with E-state index in [2.05, 4.69) is 6.07 Å². The lowest BCUT2D eigenvalue weighted by molar-refractivity contribution is 0.0747. The van der Waals surface area contributed by atoms with E-state index in [-0.39, 0.29) is 5.78 Å². The third kappa shape index (κ3) is 2.18. The van der Waals surface area contributed by atoms with Gasteiger partial charge in [-0.25, -0.2) is 0 Å². The summed E-state index contributed by atoms with van der Waals surface area (Å²) < 4.78 is 0. The van der Waals surface area contributed by atoms with Crippen LogP contribution < -0.4 is 0 Å². The number of carbonyl (C=O) groups excluding carboxylic acids is 1. The number of hydrogen-bond acceptors (Lipinski definition) is 2. The van der Waals surface area contributed by atoms with Gasteiger partial charge in [-0.05, 0) is 11.6 Å². The summed E-state index contributed by atoms with van der Waals surface area (Å²) in [7, 11) is 0. The molecular weight excluding hydrogens is 200 g/mol. The van der Waals surface area contributed by atoms with Crippen molar-refractivity contribution < 1.29 is 9.90 Å². The normalized spacial score (nSPS) is 12.1. The van der Waals surface area contributed by atoms with Crippen molar-refractivity contribution in [3.8, 4) is 0 Å². The summed E-state index contributed by atoms with van der Waals surface area (Å²) in [5.74, 6) is -0.291. The van der Waals surface area contributed by atoms with Crippen molar-refractivity contribution >= 4 is 5.78 Å². The minimum Gasteiger partial charge on any atom is -0.380 e. The monoisotopic (exact) mass is 211 g/mol. The first kappa shape index (κ1) is 10.6. The third-order valence-electron chi connectivity index (χ3n) is 2.37. The van der Waals surface area contributed by atoms with E-state index in [0.717, 1.165) is 0 Å². The van der Waals surface area contributed by atoms with Gasteiger partial charge in [-0.3, -0.25) is 4.79 Å². The van der Waals surface area contributed by atoms with Gasteiger partial charge in [0, 0.05) is 5.56 Å². The van der Waals surface area contributed by atoms with Gasteiger partial charge in [0.05, 0.1) is 0 Å². The van der Waals surface area contributed by atoms with Crippen molar-refractivity contribution in [1.82, 2.24) is 0 Å². The van der Waals surface area contributed by atoms with Crippen LogP contribution in [-0.2, 0) is 0 Å². The van der Waals surface area contributed by atoms with Crippen LogP contribution in [0.3, 0.4) is 0 Å². The molecule has 2 rings (SSSR count). The standard InChI is InChI=1S/C14H11O2/c15-13(11-7-3-1-4-8-11)14(16)12-9-5-2-6-10-12/h1,3-10,13,15H. The lowest BCUT2D eigenvalue weighted by Gasteiger charge is -2.09. The van der Waals surface area contributed by atoms with Gasteiger partial charge in [-0.2, -0.15) is 0 Å². The molecule has 0 amide bonds. The molecule has 0 saturated carbocycles. The van der Waals surface area contributed by atoms with Crippen LogP contribution in [0.5, 0.6) is 0 Å². The van der Waals surface area contributed by atoms with Crippen LogP contribution in [0.15, 0.2) is 54.6 Å². The molecule has 0 aromatic heterocycles. The van der Waals surface area contributed by atoms with Gasteiger partial charge in [-0.1, -0.05) is 54.6 Å². The molecule has 0 heterocycles. The number of aliphatic hydroxyl groups is 1. The molecule has 0 aliphatic rings. The Labute approximate surface area is 94.2 Å². The van der Waals surface area contributed by atoms with E-state index < -0.39 is 6.10 Å². The van der Waals surface area contributed by atoms with E-state index in [1.807, 2.05) is 6.07 Å². The Morgan fingerprint density at radius 1 is 1.06 bits per heavy atom. The van der Waals surface area contributed by atoms with Crippen molar-refractivity contribution in [3.63, 3.8) is 0 Å². The van der Waals surface area contributed by atoms with Crippen molar-refractivity contribution in [2.24, 2.45) is 0 Å². The Bertz CT molecular complexity index is 463. The Morgan fingerprint density at radius 3 is 2.31 bits per heavy atom. The summed E-state index contributed by atoms with van der Waals surface area (Å²) in [5, 5.41) is 9.88. The Balaban J connectivity index is 2.24. The minimum absolute atomic E-state index is 0.291. The molecule has 0 aliphatic carbocycles. The lowest BCUT2D eigenvalue weighted by atomic mass is 10.0. The molecule has 1 unspecified atom stereocenters. The maximum atomic E-state index is 11.9. The van der Waals surface area contributed by atoms with Crippen molar-refractivity contribution in [2.75, 3.05) is 0 Å². The van der Waals surface area contributed by atoms with Crippen LogP contribution in [0, 0.1) is 6.07 Å². The fraction of sp³-hybridized carbons (Fsp3) is 0.0714. The highest BCUT2D eigenvalue weighted by atomic mass is 16.3. The predicted molar refractivity (Wildman–Crippen MR) is 61.0 cm³/mol. The number of carbonyl (C=O) groups is 1. The molecule has 0 bridgehead atoms. The predicted octanol–water partition coefficient (Wildman–Crippen LogP) is 2.40. The average molecular weight is 211 g/mol. The zero-order valence-electron chi connectivity index (χ0n) is 8.63. The SMILES string of the molecule is O=C(c1cc[c]cc1)C(O)c1ccccc1. The van der Waals surface area contributed by atoms with Gasteiger partial charge in [-0.15, -0.1) is 0 Å². The first-order valence-electron chi connectivity index (χ1n) is 5.02. The molecule has 1 atom stereocenters. The molecule has 1 radical (unpaired) electrons. The van der Waals surface area contributed by atoms with Crippen molar-refractivity contribution in [2.45, 2.75) is 6.10 Å². The first-order valence-corrected chi connectivity index (χ1v) is 5.02. The van der Waals surface area contributed by atoms with Gasteiger partial charge >= 0.3 is 0 Å². The molecule has 2 heteroatoms. The average Bonchev–Trinajstić information content (AvgIpc) is 2.39. The van der Waals surface area contributed by atoms with Gasteiger partial charge in [0.15, 0.2) is 5.78 Å². The number of benzene rings is 2. The topological polar surface area (TPSA) is 37.3 Å². The number of ketones is 1.